The summed E-state index contributed by atoms with van der Waals surface area (Å²) in [6.07, 6.45) is 3.38. The molecule has 4 heteroatoms. The molecule has 0 saturated heterocycles. The van der Waals surface area contributed by atoms with Gasteiger partial charge in [-0.3, -0.25) is 4.90 Å². The number of fused-ring (bicyclic) bond motifs is 1. The molecule has 1 N–H and O–H groups in total. The van der Waals surface area contributed by atoms with E-state index in [1.807, 2.05) is 0 Å². The average molecular weight is 292 g/mol. The van der Waals surface area contributed by atoms with Crippen LogP contribution in [0.5, 0.6) is 0 Å². The molecule has 0 aliphatic carbocycles. The van der Waals surface area contributed by atoms with E-state index >= 15 is 0 Å². The van der Waals surface area contributed by atoms with Gasteiger partial charge in [0.15, 0.2) is 0 Å². The number of imidazole rings is 1. The minimum atomic E-state index is 0.598. The zero-order valence-electron chi connectivity index (χ0n) is 14.4. The van der Waals surface area contributed by atoms with Crippen molar-refractivity contribution < 1.29 is 0 Å². The standard InChI is InChI=1S/C17H32N4/c1-6-7-17-19-15-12-18-9-8-16(15)21(17)11-10-20(13(2)3)14(4)5/h13-14,18H,6-12H2,1-5H3. The van der Waals surface area contributed by atoms with Crippen LogP contribution in [0.2, 0.25) is 0 Å². The third kappa shape index (κ3) is 3.86. The average Bonchev–Trinajstić information content (AvgIpc) is 2.77. The second kappa shape index (κ2) is 7.41. The monoisotopic (exact) mass is 292 g/mol. The lowest BCUT2D eigenvalue weighted by atomic mass is 10.2. The van der Waals surface area contributed by atoms with E-state index in [-0.39, 0.29) is 0 Å². The lowest BCUT2D eigenvalue weighted by Crippen LogP contribution is -2.39. The van der Waals surface area contributed by atoms with Crippen LogP contribution < -0.4 is 5.32 Å². The van der Waals surface area contributed by atoms with E-state index < -0.39 is 0 Å². The summed E-state index contributed by atoms with van der Waals surface area (Å²) in [5.41, 5.74) is 2.76. The van der Waals surface area contributed by atoms with Crippen LogP contribution in [0, 0.1) is 0 Å². The van der Waals surface area contributed by atoms with Crippen molar-refractivity contribution >= 4 is 0 Å². The first kappa shape index (κ1) is 16.5. The Kier molecular flexibility index (Phi) is 5.82. The van der Waals surface area contributed by atoms with Crippen molar-refractivity contribution in [1.82, 2.24) is 19.8 Å². The Hall–Kier alpha value is -0.870. The number of hydrogen-bond donors (Lipinski definition) is 1. The number of hydrogen-bond acceptors (Lipinski definition) is 3. The van der Waals surface area contributed by atoms with Gasteiger partial charge >= 0.3 is 0 Å². The van der Waals surface area contributed by atoms with Gasteiger partial charge in [0, 0.05) is 56.8 Å². The van der Waals surface area contributed by atoms with E-state index in [4.69, 9.17) is 4.98 Å². The van der Waals surface area contributed by atoms with Gasteiger partial charge in [0.2, 0.25) is 0 Å². The first-order valence-corrected chi connectivity index (χ1v) is 8.58. The van der Waals surface area contributed by atoms with Crippen LogP contribution in [0.15, 0.2) is 0 Å². The summed E-state index contributed by atoms with van der Waals surface area (Å²) in [6, 6.07) is 1.20. The Balaban J connectivity index is 2.16. The third-order valence-electron chi connectivity index (χ3n) is 4.45. The van der Waals surface area contributed by atoms with Gasteiger partial charge in [0.25, 0.3) is 0 Å². The fourth-order valence-electron chi connectivity index (χ4n) is 3.43. The molecular weight excluding hydrogens is 260 g/mol. The fourth-order valence-corrected chi connectivity index (χ4v) is 3.43. The molecule has 4 nitrogen and oxygen atoms in total. The molecule has 0 saturated carbocycles. The second-order valence-electron chi connectivity index (χ2n) is 6.68. The molecule has 1 aliphatic heterocycles. The minimum absolute atomic E-state index is 0.598. The molecular formula is C17H32N4. The van der Waals surface area contributed by atoms with E-state index in [0.717, 1.165) is 39.0 Å². The summed E-state index contributed by atoms with van der Waals surface area (Å²) in [5, 5.41) is 3.44. The normalized spacial score (nSPS) is 15.2. The zero-order chi connectivity index (χ0) is 15.4. The van der Waals surface area contributed by atoms with Crippen molar-refractivity contribution in [3.63, 3.8) is 0 Å². The Bertz CT molecular complexity index is 440. The van der Waals surface area contributed by atoms with Crippen LogP contribution in [0.25, 0.3) is 0 Å². The van der Waals surface area contributed by atoms with Crippen LogP contribution in [0.1, 0.15) is 58.3 Å². The molecule has 2 heterocycles. The van der Waals surface area contributed by atoms with E-state index in [1.54, 1.807) is 0 Å². The fraction of sp³-hybridized carbons (Fsp3) is 0.824. The van der Waals surface area contributed by atoms with Crippen LogP contribution in [0.3, 0.4) is 0 Å². The molecule has 120 valence electrons. The highest BCUT2D eigenvalue weighted by molar-refractivity contribution is 5.20. The van der Waals surface area contributed by atoms with Gasteiger partial charge in [0.05, 0.1) is 5.69 Å². The first-order chi connectivity index (χ1) is 10.0. The molecule has 1 aliphatic rings. The summed E-state index contributed by atoms with van der Waals surface area (Å²) in [7, 11) is 0. The Morgan fingerprint density at radius 2 is 1.95 bits per heavy atom. The van der Waals surface area contributed by atoms with E-state index in [0.29, 0.717) is 12.1 Å². The van der Waals surface area contributed by atoms with Crippen LogP contribution in [0.4, 0.5) is 0 Å². The summed E-state index contributed by atoms with van der Waals surface area (Å²) in [6.45, 7) is 15.6. The topological polar surface area (TPSA) is 33.1 Å². The highest BCUT2D eigenvalue weighted by atomic mass is 15.2. The molecule has 0 radical (unpaired) electrons. The van der Waals surface area contributed by atoms with Crippen LogP contribution in [-0.2, 0) is 25.9 Å². The second-order valence-corrected chi connectivity index (χ2v) is 6.68. The molecule has 0 atom stereocenters. The molecule has 21 heavy (non-hydrogen) atoms. The van der Waals surface area contributed by atoms with Gasteiger partial charge in [-0.05, 0) is 34.1 Å². The Morgan fingerprint density at radius 1 is 1.24 bits per heavy atom. The number of aromatic nitrogens is 2. The van der Waals surface area contributed by atoms with Crippen molar-refractivity contribution in [3.05, 3.63) is 17.2 Å². The zero-order valence-corrected chi connectivity index (χ0v) is 14.4. The molecule has 0 amide bonds. The van der Waals surface area contributed by atoms with Gasteiger partial charge < -0.3 is 9.88 Å². The molecule has 0 unspecified atom stereocenters. The van der Waals surface area contributed by atoms with Gasteiger partial charge in [-0.15, -0.1) is 0 Å². The van der Waals surface area contributed by atoms with E-state index in [2.05, 4.69) is 49.4 Å². The smallest absolute Gasteiger partial charge is 0.109 e. The van der Waals surface area contributed by atoms with Crippen LogP contribution >= 0.6 is 0 Å². The van der Waals surface area contributed by atoms with Gasteiger partial charge in [-0.2, -0.15) is 0 Å². The largest absolute Gasteiger partial charge is 0.330 e. The Labute approximate surface area is 129 Å². The molecule has 0 spiro atoms. The molecule has 0 fully saturated rings. The van der Waals surface area contributed by atoms with Crippen molar-refractivity contribution in [3.8, 4) is 0 Å². The van der Waals surface area contributed by atoms with Crippen molar-refractivity contribution in [2.45, 2.75) is 79.1 Å². The molecule has 0 aromatic carbocycles. The summed E-state index contributed by atoms with van der Waals surface area (Å²) >= 11 is 0. The van der Waals surface area contributed by atoms with Crippen molar-refractivity contribution in [1.29, 1.82) is 0 Å². The Morgan fingerprint density at radius 3 is 2.57 bits per heavy atom. The summed E-state index contributed by atoms with van der Waals surface area (Å²) < 4.78 is 2.51. The van der Waals surface area contributed by atoms with Gasteiger partial charge in [-0.1, -0.05) is 6.92 Å². The molecule has 2 rings (SSSR count). The van der Waals surface area contributed by atoms with Crippen LogP contribution in [-0.4, -0.2) is 39.6 Å². The predicted molar refractivity (Wildman–Crippen MR) is 88.6 cm³/mol. The molecule has 0 bridgehead atoms. The predicted octanol–water partition coefficient (Wildman–Crippen LogP) is 2.60. The van der Waals surface area contributed by atoms with Crippen molar-refractivity contribution in [2.75, 3.05) is 13.1 Å². The number of rotatable bonds is 7. The third-order valence-corrected chi connectivity index (χ3v) is 4.45. The maximum atomic E-state index is 4.89. The highest BCUT2D eigenvalue weighted by Gasteiger charge is 2.20. The van der Waals surface area contributed by atoms with Gasteiger partial charge in [0.1, 0.15) is 5.82 Å². The molecule has 1 aromatic rings. The lowest BCUT2D eigenvalue weighted by molar-refractivity contribution is 0.167. The van der Waals surface area contributed by atoms with E-state index in [9.17, 15) is 0 Å². The summed E-state index contributed by atoms with van der Waals surface area (Å²) in [5.74, 6) is 1.29. The maximum Gasteiger partial charge on any atom is 0.109 e. The summed E-state index contributed by atoms with van der Waals surface area (Å²) in [4.78, 5) is 7.46. The number of aryl methyl sites for hydroxylation is 1. The maximum absolute atomic E-state index is 4.89. The number of nitrogens with one attached hydrogen (secondary N) is 1. The minimum Gasteiger partial charge on any atom is -0.330 e. The van der Waals surface area contributed by atoms with Gasteiger partial charge in [-0.25, -0.2) is 4.98 Å². The number of nitrogens with zero attached hydrogens (tertiary/aromatic N) is 3. The van der Waals surface area contributed by atoms with Crippen molar-refractivity contribution in [2.24, 2.45) is 0 Å². The first-order valence-electron chi connectivity index (χ1n) is 8.58. The lowest BCUT2D eigenvalue weighted by Gasteiger charge is -2.31. The highest BCUT2D eigenvalue weighted by Crippen LogP contribution is 2.18. The SMILES string of the molecule is CCCc1nc2c(n1CCN(C(C)C)C(C)C)CCNC2. The van der Waals surface area contributed by atoms with E-state index in [1.165, 1.54) is 23.6 Å². The molecule has 1 aromatic heterocycles. The quantitative estimate of drug-likeness (QED) is 0.838.